The lowest BCUT2D eigenvalue weighted by atomic mass is 10.1. The van der Waals surface area contributed by atoms with Crippen LogP contribution in [0.5, 0.6) is 0 Å². The van der Waals surface area contributed by atoms with E-state index < -0.39 is 11.7 Å². The predicted molar refractivity (Wildman–Crippen MR) is 163 cm³/mol. The number of ether oxygens (including phenoxy) is 1. The molecule has 0 bridgehead atoms. The molecular weight excluding hydrogens is 573 g/mol. The Hall–Kier alpha value is -5.17. The lowest BCUT2D eigenvalue weighted by Gasteiger charge is -2.28. The standard InChI is InChI=1S/C31H29F3N8O2/c1-20(43)36-23-6-8-24(9-7-23)37-28-27-29(42(19-35-27)18-21-2-4-22(5-3-21)31(32,33)34)40-30(39-28)38-25-10-12-26(13-11-25)41-14-16-44-17-15-41/h2-13,19H,14-18H2,1H3,(H,36,43)(H2,37,38,39,40). The van der Waals surface area contributed by atoms with Gasteiger partial charge in [-0.2, -0.15) is 23.1 Å². The third-order valence-corrected chi connectivity index (χ3v) is 7.07. The van der Waals surface area contributed by atoms with E-state index in [1.807, 2.05) is 24.3 Å². The quantitative estimate of drug-likeness (QED) is 0.193. The molecule has 1 aliphatic rings. The molecule has 1 saturated heterocycles. The molecule has 0 atom stereocenters. The van der Waals surface area contributed by atoms with Crippen LogP contribution < -0.4 is 20.9 Å². The van der Waals surface area contributed by atoms with Crippen molar-refractivity contribution in [1.29, 1.82) is 0 Å². The van der Waals surface area contributed by atoms with E-state index in [4.69, 9.17) is 14.7 Å². The highest BCUT2D eigenvalue weighted by Gasteiger charge is 2.30. The molecule has 0 radical (unpaired) electrons. The van der Waals surface area contributed by atoms with Crippen molar-refractivity contribution in [3.8, 4) is 0 Å². The summed E-state index contributed by atoms with van der Waals surface area (Å²) in [6.07, 6.45) is -2.82. The van der Waals surface area contributed by atoms with Crippen LogP contribution >= 0.6 is 0 Å². The Kier molecular flexibility index (Phi) is 8.03. The molecule has 1 aliphatic heterocycles. The average molecular weight is 603 g/mol. The number of fused-ring (bicyclic) bond motifs is 1. The maximum absolute atomic E-state index is 13.1. The number of rotatable bonds is 8. The molecule has 1 fully saturated rings. The Morgan fingerprint density at radius 3 is 2.16 bits per heavy atom. The number of amides is 1. The van der Waals surface area contributed by atoms with Gasteiger partial charge in [-0.15, -0.1) is 0 Å². The molecule has 10 nitrogen and oxygen atoms in total. The zero-order chi connectivity index (χ0) is 30.7. The van der Waals surface area contributed by atoms with Gasteiger partial charge >= 0.3 is 6.18 Å². The summed E-state index contributed by atoms with van der Waals surface area (Å²) in [7, 11) is 0. The number of benzene rings is 3. The maximum Gasteiger partial charge on any atom is 0.416 e. The van der Waals surface area contributed by atoms with Gasteiger partial charge in [-0.05, 0) is 66.2 Å². The molecule has 13 heteroatoms. The molecule has 6 rings (SSSR count). The minimum Gasteiger partial charge on any atom is -0.378 e. The van der Waals surface area contributed by atoms with Crippen LogP contribution in [0.25, 0.3) is 11.2 Å². The number of anilines is 6. The van der Waals surface area contributed by atoms with E-state index in [0.717, 1.165) is 36.6 Å². The summed E-state index contributed by atoms with van der Waals surface area (Å²) < 4.78 is 46.4. The number of halogens is 3. The van der Waals surface area contributed by atoms with Crippen molar-refractivity contribution in [1.82, 2.24) is 19.5 Å². The fraction of sp³-hybridized carbons (Fsp3) is 0.226. The molecule has 0 saturated carbocycles. The van der Waals surface area contributed by atoms with Gasteiger partial charge in [0.25, 0.3) is 0 Å². The minimum atomic E-state index is -4.41. The number of nitrogens with zero attached hydrogens (tertiary/aromatic N) is 5. The van der Waals surface area contributed by atoms with Crippen LogP contribution in [0.2, 0.25) is 0 Å². The molecule has 1 amide bonds. The molecular formula is C31H29F3N8O2. The second-order valence-electron chi connectivity index (χ2n) is 10.3. The molecule has 0 spiro atoms. The van der Waals surface area contributed by atoms with Gasteiger partial charge in [0.2, 0.25) is 11.9 Å². The Balaban J connectivity index is 1.30. The van der Waals surface area contributed by atoms with Crippen LogP contribution in [0.3, 0.4) is 0 Å². The second kappa shape index (κ2) is 12.2. The van der Waals surface area contributed by atoms with Crippen molar-refractivity contribution in [3.05, 3.63) is 90.3 Å². The van der Waals surface area contributed by atoms with Crippen LogP contribution in [-0.4, -0.2) is 51.7 Å². The van der Waals surface area contributed by atoms with Crippen LogP contribution in [0.4, 0.5) is 47.7 Å². The maximum atomic E-state index is 13.1. The van der Waals surface area contributed by atoms with E-state index in [-0.39, 0.29) is 12.5 Å². The zero-order valence-electron chi connectivity index (χ0n) is 23.7. The average Bonchev–Trinajstić information content (AvgIpc) is 3.41. The summed E-state index contributed by atoms with van der Waals surface area (Å²) in [4.78, 5) is 27.6. The van der Waals surface area contributed by atoms with E-state index in [9.17, 15) is 18.0 Å². The number of hydrogen-bond acceptors (Lipinski definition) is 8. The third kappa shape index (κ3) is 6.73. The summed E-state index contributed by atoms with van der Waals surface area (Å²) >= 11 is 0. The number of nitrogens with one attached hydrogen (secondary N) is 3. The number of carbonyl (C=O) groups is 1. The van der Waals surface area contributed by atoms with Gasteiger partial charge in [-0.1, -0.05) is 12.1 Å². The number of imidazole rings is 1. The van der Waals surface area contributed by atoms with Gasteiger partial charge in [0.1, 0.15) is 0 Å². The second-order valence-corrected chi connectivity index (χ2v) is 10.3. The Morgan fingerprint density at radius 1 is 0.864 bits per heavy atom. The van der Waals surface area contributed by atoms with Gasteiger partial charge in [0.05, 0.1) is 31.6 Å². The first-order valence-electron chi connectivity index (χ1n) is 13.9. The fourth-order valence-electron chi connectivity index (χ4n) is 4.88. The predicted octanol–water partition coefficient (Wildman–Crippen LogP) is 6.18. The normalized spacial score (nSPS) is 13.6. The first kappa shape index (κ1) is 28.9. The highest BCUT2D eigenvalue weighted by atomic mass is 19.4. The summed E-state index contributed by atoms with van der Waals surface area (Å²) in [5, 5.41) is 9.29. The number of hydrogen-bond donors (Lipinski definition) is 3. The lowest BCUT2D eigenvalue weighted by Crippen LogP contribution is -2.36. The van der Waals surface area contributed by atoms with Gasteiger partial charge in [0, 0.05) is 42.8 Å². The van der Waals surface area contributed by atoms with Gasteiger partial charge in [0.15, 0.2) is 17.0 Å². The zero-order valence-corrected chi connectivity index (χ0v) is 23.7. The molecule has 226 valence electrons. The van der Waals surface area contributed by atoms with E-state index in [0.29, 0.717) is 53.1 Å². The van der Waals surface area contributed by atoms with Gasteiger partial charge in [-0.3, -0.25) is 4.79 Å². The molecule has 44 heavy (non-hydrogen) atoms. The van der Waals surface area contributed by atoms with Crippen molar-refractivity contribution >= 4 is 51.6 Å². The van der Waals surface area contributed by atoms with Crippen molar-refractivity contribution in [3.63, 3.8) is 0 Å². The number of aromatic nitrogens is 4. The molecule has 5 aromatic rings. The first-order chi connectivity index (χ1) is 21.2. The van der Waals surface area contributed by atoms with E-state index in [2.05, 4.69) is 25.8 Å². The first-order valence-corrected chi connectivity index (χ1v) is 13.9. The Morgan fingerprint density at radius 2 is 1.50 bits per heavy atom. The summed E-state index contributed by atoms with van der Waals surface area (Å²) in [5.74, 6) is 0.569. The van der Waals surface area contributed by atoms with E-state index in [1.165, 1.54) is 19.1 Å². The van der Waals surface area contributed by atoms with Crippen molar-refractivity contribution < 1.29 is 22.7 Å². The van der Waals surface area contributed by atoms with Crippen LogP contribution in [-0.2, 0) is 22.3 Å². The van der Waals surface area contributed by atoms with Crippen molar-refractivity contribution in [2.75, 3.05) is 47.2 Å². The summed E-state index contributed by atoms with van der Waals surface area (Å²) in [6, 6.07) is 20.1. The minimum absolute atomic E-state index is 0.171. The van der Waals surface area contributed by atoms with Crippen LogP contribution in [0.15, 0.2) is 79.1 Å². The van der Waals surface area contributed by atoms with Crippen molar-refractivity contribution in [2.45, 2.75) is 19.6 Å². The van der Waals surface area contributed by atoms with Crippen LogP contribution in [0.1, 0.15) is 18.1 Å². The topological polar surface area (TPSA) is 109 Å². The molecule has 3 N–H and O–H groups in total. The summed E-state index contributed by atoms with van der Waals surface area (Å²) in [6.45, 7) is 4.74. The van der Waals surface area contributed by atoms with Crippen LogP contribution in [0, 0.1) is 0 Å². The molecule has 0 unspecified atom stereocenters. The molecule has 0 aliphatic carbocycles. The SMILES string of the molecule is CC(=O)Nc1ccc(Nc2nc(Nc3ccc(N4CCOCC4)cc3)nc3c2ncn3Cc2ccc(C(F)(F)F)cc2)cc1. The largest absolute Gasteiger partial charge is 0.416 e. The molecule has 3 heterocycles. The van der Waals surface area contributed by atoms with Gasteiger partial charge < -0.3 is 30.2 Å². The Labute approximate surface area is 250 Å². The Bertz CT molecular complexity index is 1750. The van der Waals surface area contributed by atoms with E-state index in [1.54, 1.807) is 35.2 Å². The number of morpholine rings is 1. The lowest BCUT2D eigenvalue weighted by molar-refractivity contribution is -0.137. The number of carbonyl (C=O) groups excluding carboxylic acids is 1. The van der Waals surface area contributed by atoms with E-state index >= 15 is 0 Å². The fourth-order valence-corrected chi connectivity index (χ4v) is 4.88. The smallest absolute Gasteiger partial charge is 0.378 e. The highest BCUT2D eigenvalue weighted by molar-refractivity contribution is 5.90. The van der Waals surface area contributed by atoms with Gasteiger partial charge in [-0.25, -0.2) is 4.98 Å². The van der Waals surface area contributed by atoms with Crippen molar-refractivity contribution in [2.24, 2.45) is 0 Å². The molecule has 2 aromatic heterocycles. The third-order valence-electron chi connectivity index (χ3n) is 7.07. The monoisotopic (exact) mass is 602 g/mol. The highest BCUT2D eigenvalue weighted by Crippen LogP contribution is 2.30. The number of alkyl halides is 3. The molecule has 3 aromatic carbocycles. The summed E-state index contributed by atoms with van der Waals surface area (Å²) in [5.41, 5.74) is 4.15.